The summed E-state index contributed by atoms with van der Waals surface area (Å²) in [6.07, 6.45) is -4.71. The highest BCUT2D eigenvalue weighted by atomic mass is 19.4. The number of ether oxygens (including phenoxy) is 1. The van der Waals surface area contributed by atoms with Gasteiger partial charge in [0.25, 0.3) is 11.6 Å². The summed E-state index contributed by atoms with van der Waals surface area (Å²) in [5.74, 6) is -2.50. The van der Waals surface area contributed by atoms with Crippen LogP contribution in [0.1, 0.15) is 5.56 Å². The highest BCUT2D eigenvalue weighted by Crippen LogP contribution is 2.36. The number of piperazine rings is 1. The largest absolute Gasteiger partial charge is 0.481 e. The molecule has 0 saturated carbocycles. The van der Waals surface area contributed by atoms with E-state index in [4.69, 9.17) is 4.74 Å². The van der Waals surface area contributed by atoms with Gasteiger partial charge < -0.3 is 14.5 Å². The number of hydrogen-bond acceptors (Lipinski definition) is 5. The lowest BCUT2D eigenvalue weighted by molar-refractivity contribution is -0.384. The number of carbonyl (C=O) groups excluding carboxylic acids is 1. The van der Waals surface area contributed by atoms with Gasteiger partial charge in [-0.2, -0.15) is 13.2 Å². The van der Waals surface area contributed by atoms with Crippen molar-refractivity contribution in [3.63, 3.8) is 0 Å². The number of benzene rings is 2. The maximum absolute atomic E-state index is 13.6. The lowest BCUT2D eigenvalue weighted by atomic mass is 10.1. The first kappa shape index (κ1) is 22.2. The zero-order valence-electron chi connectivity index (χ0n) is 15.9. The summed E-state index contributed by atoms with van der Waals surface area (Å²) in [6.45, 7) is 0.0488. The fourth-order valence-electron chi connectivity index (χ4n) is 3.13. The number of anilines is 1. The van der Waals surface area contributed by atoms with Crippen molar-refractivity contribution < 1.29 is 36.4 Å². The Labute approximate surface area is 172 Å². The molecule has 7 nitrogen and oxygen atoms in total. The van der Waals surface area contributed by atoms with Crippen LogP contribution in [0, 0.1) is 21.7 Å². The molecule has 1 amide bonds. The van der Waals surface area contributed by atoms with Crippen LogP contribution in [-0.4, -0.2) is 48.5 Å². The molecule has 2 aromatic rings. The van der Waals surface area contributed by atoms with Gasteiger partial charge >= 0.3 is 6.18 Å². The smallest absolute Gasteiger partial charge is 0.416 e. The molecule has 0 N–H and O–H groups in total. The van der Waals surface area contributed by atoms with Gasteiger partial charge in [0.15, 0.2) is 18.2 Å². The SMILES string of the molecule is O=C(COc1ccc(F)cc1F)N1CCN(c2ccc(C(F)(F)F)cc2[N+](=O)[O-])CC1. The van der Waals surface area contributed by atoms with E-state index in [-0.39, 0.29) is 37.6 Å². The Morgan fingerprint density at radius 3 is 2.32 bits per heavy atom. The molecule has 3 rings (SSSR count). The monoisotopic (exact) mass is 445 g/mol. The number of amides is 1. The molecule has 1 heterocycles. The van der Waals surface area contributed by atoms with Crippen LogP contribution in [0.2, 0.25) is 0 Å². The van der Waals surface area contributed by atoms with Crippen molar-refractivity contribution in [1.82, 2.24) is 4.90 Å². The zero-order chi connectivity index (χ0) is 22.8. The summed E-state index contributed by atoms with van der Waals surface area (Å²) < 4.78 is 70.1. The molecule has 0 unspecified atom stereocenters. The molecule has 0 radical (unpaired) electrons. The number of nitrogens with zero attached hydrogens (tertiary/aromatic N) is 3. The third-order valence-electron chi connectivity index (χ3n) is 4.72. The van der Waals surface area contributed by atoms with Crippen molar-refractivity contribution >= 4 is 17.3 Å². The average molecular weight is 445 g/mol. The summed E-state index contributed by atoms with van der Waals surface area (Å²) in [5.41, 5.74) is -1.78. The minimum Gasteiger partial charge on any atom is -0.481 e. The van der Waals surface area contributed by atoms with Crippen LogP contribution in [0.15, 0.2) is 36.4 Å². The summed E-state index contributed by atoms with van der Waals surface area (Å²) in [7, 11) is 0. The van der Waals surface area contributed by atoms with Crippen molar-refractivity contribution in [2.24, 2.45) is 0 Å². The first-order valence-corrected chi connectivity index (χ1v) is 9.02. The molecule has 0 atom stereocenters. The molecule has 1 aliphatic heterocycles. The second-order valence-electron chi connectivity index (χ2n) is 6.69. The van der Waals surface area contributed by atoms with Crippen molar-refractivity contribution in [3.05, 3.63) is 63.7 Å². The predicted molar refractivity (Wildman–Crippen MR) is 98.7 cm³/mol. The van der Waals surface area contributed by atoms with Gasteiger partial charge in [0, 0.05) is 38.3 Å². The maximum Gasteiger partial charge on any atom is 0.416 e. The number of carbonyl (C=O) groups is 1. The summed E-state index contributed by atoms with van der Waals surface area (Å²) in [6, 6.07) is 4.95. The molecule has 12 heteroatoms. The molecular weight excluding hydrogens is 429 g/mol. The normalized spacial score (nSPS) is 14.5. The molecule has 1 fully saturated rings. The summed E-state index contributed by atoms with van der Waals surface area (Å²) >= 11 is 0. The molecule has 1 saturated heterocycles. The van der Waals surface area contributed by atoms with Gasteiger partial charge in [0.05, 0.1) is 10.5 Å². The first-order valence-electron chi connectivity index (χ1n) is 9.02. The van der Waals surface area contributed by atoms with Crippen molar-refractivity contribution in [3.8, 4) is 5.75 Å². The molecule has 31 heavy (non-hydrogen) atoms. The standard InChI is InChI=1S/C19H16F5N3O4/c20-13-2-4-17(14(21)10-13)31-11-18(28)26-7-5-25(6-8-26)15-3-1-12(19(22,23)24)9-16(15)27(29)30/h1-4,9-10H,5-8,11H2. The number of halogens is 5. The van der Waals surface area contributed by atoms with Gasteiger partial charge in [0.1, 0.15) is 11.5 Å². The maximum atomic E-state index is 13.6. The van der Waals surface area contributed by atoms with E-state index in [1.165, 1.54) is 9.80 Å². The molecule has 166 valence electrons. The van der Waals surface area contributed by atoms with Crippen molar-refractivity contribution in [2.45, 2.75) is 6.18 Å². The topological polar surface area (TPSA) is 75.9 Å². The number of rotatable bonds is 5. The van der Waals surface area contributed by atoms with Gasteiger partial charge in [-0.1, -0.05) is 0 Å². The molecule has 0 aliphatic carbocycles. The molecule has 0 spiro atoms. The molecule has 2 aromatic carbocycles. The van der Waals surface area contributed by atoms with Crippen LogP contribution in [0.3, 0.4) is 0 Å². The average Bonchev–Trinajstić information content (AvgIpc) is 2.72. The highest BCUT2D eigenvalue weighted by molar-refractivity contribution is 5.78. The lowest BCUT2D eigenvalue weighted by Crippen LogP contribution is -2.50. The van der Waals surface area contributed by atoms with Crippen LogP contribution in [0.5, 0.6) is 5.75 Å². The van der Waals surface area contributed by atoms with Crippen LogP contribution >= 0.6 is 0 Å². The Morgan fingerprint density at radius 1 is 1.06 bits per heavy atom. The van der Waals surface area contributed by atoms with E-state index >= 15 is 0 Å². The molecule has 0 aromatic heterocycles. The van der Waals surface area contributed by atoms with Gasteiger partial charge in [-0.3, -0.25) is 14.9 Å². The highest BCUT2D eigenvalue weighted by Gasteiger charge is 2.34. The fourth-order valence-corrected chi connectivity index (χ4v) is 3.13. The van der Waals surface area contributed by atoms with Gasteiger partial charge in [-0.15, -0.1) is 0 Å². The molecule has 1 aliphatic rings. The summed E-state index contributed by atoms with van der Waals surface area (Å²) in [4.78, 5) is 25.6. The van der Waals surface area contributed by atoms with E-state index in [0.717, 1.165) is 24.3 Å². The minimum absolute atomic E-state index is 0.0229. The van der Waals surface area contributed by atoms with E-state index < -0.39 is 46.5 Å². The minimum atomic E-state index is -4.71. The van der Waals surface area contributed by atoms with E-state index in [1.54, 1.807) is 0 Å². The Morgan fingerprint density at radius 2 is 1.74 bits per heavy atom. The third-order valence-corrected chi connectivity index (χ3v) is 4.72. The Hall–Kier alpha value is -3.44. The Bertz CT molecular complexity index is 991. The van der Waals surface area contributed by atoms with Crippen molar-refractivity contribution in [1.29, 1.82) is 0 Å². The van der Waals surface area contributed by atoms with Gasteiger partial charge in [-0.05, 0) is 24.3 Å². The lowest BCUT2D eigenvalue weighted by Gasteiger charge is -2.35. The second kappa shape index (κ2) is 8.74. The van der Waals surface area contributed by atoms with Crippen LogP contribution < -0.4 is 9.64 Å². The van der Waals surface area contributed by atoms with Gasteiger partial charge in [-0.25, -0.2) is 8.78 Å². The van der Waals surface area contributed by atoms with E-state index in [0.29, 0.717) is 12.1 Å². The molecular formula is C19H16F5N3O4. The van der Waals surface area contributed by atoms with Gasteiger partial charge in [0.2, 0.25) is 0 Å². The number of alkyl halides is 3. The van der Waals surface area contributed by atoms with Crippen LogP contribution in [0.4, 0.5) is 33.3 Å². The molecule has 0 bridgehead atoms. The first-order chi connectivity index (χ1) is 14.6. The zero-order valence-corrected chi connectivity index (χ0v) is 15.9. The third kappa shape index (κ3) is 5.19. The van der Waals surface area contributed by atoms with E-state index in [9.17, 15) is 36.9 Å². The van der Waals surface area contributed by atoms with Crippen LogP contribution in [0.25, 0.3) is 0 Å². The van der Waals surface area contributed by atoms with Crippen molar-refractivity contribution in [2.75, 3.05) is 37.7 Å². The fraction of sp³-hybridized carbons (Fsp3) is 0.316. The number of hydrogen-bond donors (Lipinski definition) is 0. The van der Waals surface area contributed by atoms with E-state index in [1.807, 2.05) is 0 Å². The Kier molecular flexibility index (Phi) is 6.27. The summed E-state index contributed by atoms with van der Waals surface area (Å²) in [5, 5.41) is 11.3. The quantitative estimate of drug-likeness (QED) is 0.399. The number of nitro benzene ring substituents is 1. The van der Waals surface area contributed by atoms with Crippen LogP contribution in [-0.2, 0) is 11.0 Å². The Balaban J connectivity index is 1.62. The van der Waals surface area contributed by atoms with E-state index in [2.05, 4.69) is 0 Å². The predicted octanol–water partition coefficient (Wildman–Crippen LogP) is 3.62. The number of nitro groups is 1. The second-order valence-corrected chi connectivity index (χ2v) is 6.69.